The van der Waals surface area contributed by atoms with Gasteiger partial charge in [-0.3, -0.25) is 4.99 Å². The van der Waals surface area contributed by atoms with Gasteiger partial charge in [0.2, 0.25) is 0 Å². The summed E-state index contributed by atoms with van der Waals surface area (Å²) in [4.78, 5) is 4.88. The molecule has 17 heavy (non-hydrogen) atoms. The van der Waals surface area contributed by atoms with Crippen LogP contribution < -0.4 is 4.80 Å². The van der Waals surface area contributed by atoms with Gasteiger partial charge in [0.05, 0.1) is 12.3 Å². The predicted octanol–water partition coefficient (Wildman–Crippen LogP) is -1.23. The summed E-state index contributed by atoms with van der Waals surface area (Å²) in [7, 11) is 3.51. The van der Waals surface area contributed by atoms with Gasteiger partial charge in [0, 0.05) is 19.5 Å². The van der Waals surface area contributed by atoms with E-state index >= 15 is 0 Å². The van der Waals surface area contributed by atoms with Gasteiger partial charge in [-0.1, -0.05) is 0 Å². The lowest BCUT2D eigenvalue weighted by Gasteiger charge is -2.14. The minimum absolute atomic E-state index is 0.312. The Morgan fingerprint density at radius 2 is 2.18 bits per heavy atom. The maximum atomic E-state index is 9.89. The molecule has 2 rings (SSSR count). The van der Waals surface area contributed by atoms with Crippen LogP contribution in [-0.4, -0.2) is 51.9 Å². The van der Waals surface area contributed by atoms with E-state index in [2.05, 4.69) is 4.99 Å². The lowest BCUT2D eigenvalue weighted by molar-refractivity contribution is -0.0247. The molecular weight excluding hydrogens is 244 g/mol. The molecule has 1 aliphatic rings. The zero-order valence-electron chi connectivity index (χ0n) is 9.65. The SMILES string of the molecule is CN=c1scc(C2OC(CO)C(O)C2O)n1C. The summed E-state index contributed by atoms with van der Waals surface area (Å²) >= 11 is 1.44. The molecule has 3 N–H and O–H groups in total. The molecule has 96 valence electrons. The van der Waals surface area contributed by atoms with Crippen molar-refractivity contribution >= 4 is 11.3 Å². The molecule has 0 radical (unpaired) electrons. The van der Waals surface area contributed by atoms with Crippen LogP contribution in [0.3, 0.4) is 0 Å². The maximum absolute atomic E-state index is 9.89. The standard InChI is InChI=1S/C10H16N2O4S/c1-11-10-12(2)5(4-17-10)9-8(15)7(14)6(3-13)16-9/h4,6-9,13-15H,3H2,1-2H3. The third-order valence-corrected chi connectivity index (χ3v) is 4.01. The van der Waals surface area contributed by atoms with Gasteiger partial charge >= 0.3 is 0 Å². The first kappa shape index (κ1) is 12.7. The van der Waals surface area contributed by atoms with Crippen LogP contribution >= 0.6 is 11.3 Å². The number of ether oxygens (including phenoxy) is 1. The monoisotopic (exact) mass is 260 g/mol. The Kier molecular flexibility index (Phi) is 3.64. The van der Waals surface area contributed by atoms with Crippen molar-refractivity contribution in [1.29, 1.82) is 0 Å². The van der Waals surface area contributed by atoms with Crippen LogP contribution in [-0.2, 0) is 11.8 Å². The Hall–Kier alpha value is -0.730. The molecule has 4 unspecified atom stereocenters. The lowest BCUT2D eigenvalue weighted by Crippen LogP contribution is -2.32. The first-order valence-electron chi connectivity index (χ1n) is 5.29. The Bertz CT molecular complexity index is 455. The van der Waals surface area contributed by atoms with Gasteiger partial charge in [0.1, 0.15) is 24.4 Å². The number of thiazole rings is 1. The summed E-state index contributed by atoms with van der Waals surface area (Å²) < 4.78 is 7.26. The average molecular weight is 260 g/mol. The molecule has 1 fully saturated rings. The highest BCUT2D eigenvalue weighted by Crippen LogP contribution is 2.33. The van der Waals surface area contributed by atoms with Crippen molar-refractivity contribution in [1.82, 2.24) is 4.57 Å². The summed E-state index contributed by atoms with van der Waals surface area (Å²) in [6, 6.07) is 0. The topological polar surface area (TPSA) is 87.2 Å². The van der Waals surface area contributed by atoms with Crippen LogP contribution in [0.5, 0.6) is 0 Å². The average Bonchev–Trinajstić information content (AvgIpc) is 2.82. The van der Waals surface area contributed by atoms with Crippen LogP contribution in [0.4, 0.5) is 0 Å². The molecule has 0 amide bonds. The van der Waals surface area contributed by atoms with Crippen LogP contribution in [0, 0.1) is 0 Å². The zero-order chi connectivity index (χ0) is 12.6. The summed E-state index contributed by atoms with van der Waals surface area (Å²) in [5.74, 6) is 0. The summed E-state index contributed by atoms with van der Waals surface area (Å²) in [6.45, 7) is -0.312. The van der Waals surface area contributed by atoms with Crippen molar-refractivity contribution in [3.8, 4) is 0 Å². The van der Waals surface area contributed by atoms with Crippen molar-refractivity contribution in [3.63, 3.8) is 0 Å². The number of rotatable bonds is 2. The van der Waals surface area contributed by atoms with Crippen molar-refractivity contribution in [2.24, 2.45) is 12.0 Å². The Morgan fingerprint density at radius 3 is 2.65 bits per heavy atom. The molecule has 0 aromatic carbocycles. The fourth-order valence-electron chi connectivity index (χ4n) is 1.99. The maximum Gasteiger partial charge on any atom is 0.184 e. The van der Waals surface area contributed by atoms with Gasteiger partial charge < -0.3 is 24.6 Å². The number of aliphatic hydroxyl groups is 3. The van der Waals surface area contributed by atoms with Crippen LogP contribution in [0.2, 0.25) is 0 Å². The molecule has 0 aliphatic carbocycles. The third-order valence-electron chi connectivity index (χ3n) is 2.98. The van der Waals surface area contributed by atoms with E-state index in [1.165, 1.54) is 11.3 Å². The van der Waals surface area contributed by atoms with Crippen LogP contribution in [0.15, 0.2) is 10.4 Å². The Balaban J connectivity index is 2.32. The van der Waals surface area contributed by atoms with Gasteiger partial charge in [0.25, 0.3) is 0 Å². The number of hydrogen-bond acceptors (Lipinski definition) is 6. The normalized spacial score (nSPS) is 34.5. The molecule has 0 bridgehead atoms. The van der Waals surface area contributed by atoms with Gasteiger partial charge in [-0.25, -0.2) is 0 Å². The minimum Gasteiger partial charge on any atom is -0.394 e. The first-order valence-corrected chi connectivity index (χ1v) is 6.17. The zero-order valence-corrected chi connectivity index (χ0v) is 10.5. The first-order chi connectivity index (χ1) is 8.10. The third kappa shape index (κ3) is 2.04. The molecule has 6 nitrogen and oxygen atoms in total. The second kappa shape index (κ2) is 4.87. The quantitative estimate of drug-likeness (QED) is 0.621. The second-order valence-electron chi connectivity index (χ2n) is 3.98. The van der Waals surface area contributed by atoms with Crippen molar-refractivity contribution in [2.75, 3.05) is 13.7 Å². The molecule has 0 spiro atoms. The van der Waals surface area contributed by atoms with E-state index in [1.807, 2.05) is 17.0 Å². The smallest absolute Gasteiger partial charge is 0.184 e. The summed E-state index contributed by atoms with van der Waals surface area (Å²) in [5, 5.41) is 30.4. The van der Waals surface area contributed by atoms with E-state index in [1.54, 1.807) is 7.05 Å². The van der Waals surface area contributed by atoms with E-state index in [0.717, 1.165) is 10.5 Å². The number of hydrogen-bond donors (Lipinski definition) is 3. The molecular formula is C10H16N2O4S. The van der Waals surface area contributed by atoms with Crippen molar-refractivity contribution < 1.29 is 20.1 Å². The minimum atomic E-state index is -1.06. The second-order valence-corrected chi connectivity index (χ2v) is 4.82. The van der Waals surface area contributed by atoms with Gasteiger partial charge in [0.15, 0.2) is 4.80 Å². The van der Waals surface area contributed by atoms with E-state index in [9.17, 15) is 10.2 Å². The summed E-state index contributed by atoms with van der Waals surface area (Å²) in [6.07, 6.45) is -3.46. The molecule has 1 saturated heterocycles. The number of aromatic nitrogens is 1. The van der Waals surface area contributed by atoms with Crippen LogP contribution in [0.25, 0.3) is 0 Å². The van der Waals surface area contributed by atoms with Crippen molar-refractivity contribution in [2.45, 2.75) is 24.4 Å². The largest absolute Gasteiger partial charge is 0.394 e. The molecule has 2 heterocycles. The molecule has 1 aliphatic heterocycles. The van der Waals surface area contributed by atoms with E-state index in [0.29, 0.717) is 0 Å². The molecule has 4 atom stereocenters. The highest BCUT2D eigenvalue weighted by atomic mass is 32.1. The highest BCUT2D eigenvalue weighted by Gasteiger charge is 2.44. The van der Waals surface area contributed by atoms with Gasteiger partial charge in [-0.2, -0.15) is 0 Å². The molecule has 7 heteroatoms. The number of nitrogens with zero attached hydrogens (tertiary/aromatic N) is 2. The predicted molar refractivity (Wildman–Crippen MR) is 61.5 cm³/mol. The Morgan fingerprint density at radius 1 is 1.47 bits per heavy atom. The van der Waals surface area contributed by atoms with Gasteiger partial charge in [-0.15, -0.1) is 11.3 Å². The highest BCUT2D eigenvalue weighted by molar-refractivity contribution is 7.07. The van der Waals surface area contributed by atoms with E-state index in [-0.39, 0.29) is 6.61 Å². The number of aliphatic hydroxyl groups excluding tert-OH is 3. The fourth-order valence-corrected chi connectivity index (χ4v) is 2.87. The lowest BCUT2D eigenvalue weighted by atomic mass is 10.1. The molecule has 0 saturated carbocycles. The van der Waals surface area contributed by atoms with E-state index < -0.39 is 24.4 Å². The molecule has 1 aromatic heterocycles. The van der Waals surface area contributed by atoms with Crippen molar-refractivity contribution in [3.05, 3.63) is 15.9 Å². The fraction of sp³-hybridized carbons (Fsp3) is 0.700. The molecule has 1 aromatic rings. The van der Waals surface area contributed by atoms with E-state index in [4.69, 9.17) is 9.84 Å². The summed E-state index contributed by atoms with van der Waals surface area (Å²) in [5.41, 5.74) is 0.748. The Labute approximate surface area is 102 Å². The van der Waals surface area contributed by atoms with Crippen LogP contribution in [0.1, 0.15) is 11.8 Å². The van der Waals surface area contributed by atoms with Gasteiger partial charge in [-0.05, 0) is 0 Å².